The third-order valence-corrected chi connectivity index (χ3v) is 3.35. The Kier molecular flexibility index (Phi) is 5.88. The van der Waals surface area contributed by atoms with Crippen molar-refractivity contribution in [1.82, 2.24) is 4.90 Å². The molecule has 2 amide bonds. The van der Waals surface area contributed by atoms with E-state index in [4.69, 9.17) is 5.73 Å². The zero-order chi connectivity index (χ0) is 14.4. The van der Waals surface area contributed by atoms with E-state index >= 15 is 0 Å². The molecule has 1 fully saturated rings. The molecule has 0 aromatic carbocycles. The Balaban J connectivity index is 2.86. The van der Waals surface area contributed by atoms with Gasteiger partial charge in [-0.25, -0.2) is 0 Å². The van der Waals surface area contributed by atoms with Crippen LogP contribution < -0.4 is 5.73 Å². The fourth-order valence-electron chi connectivity index (χ4n) is 2.35. The second kappa shape index (κ2) is 7.18. The van der Waals surface area contributed by atoms with E-state index in [0.717, 1.165) is 12.8 Å². The predicted octanol–water partition coefficient (Wildman–Crippen LogP) is 1.54. The summed E-state index contributed by atoms with van der Waals surface area (Å²) in [5.74, 6) is 6.48. The lowest BCUT2D eigenvalue weighted by atomic mass is 10.0. The Bertz CT molecular complexity index is 393. The van der Waals surface area contributed by atoms with Crippen molar-refractivity contribution in [3.8, 4) is 11.8 Å². The monoisotopic (exact) mass is 264 g/mol. The molecule has 1 saturated heterocycles. The molecule has 4 nitrogen and oxygen atoms in total. The number of likely N-dealkylation sites (tertiary alicyclic amines) is 1. The van der Waals surface area contributed by atoms with Gasteiger partial charge in [-0.1, -0.05) is 26.7 Å². The van der Waals surface area contributed by atoms with Gasteiger partial charge in [-0.3, -0.25) is 9.59 Å². The molecule has 0 aliphatic carbocycles. The van der Waals surface area contributed by atoms with Crippen molar-refractivity contribution in [2.24, 2.45) is 17.6 Å². The minimum atomic E-state index is -0.492. The van der Waals surface area contributed by atoms with Gasteiger partial charge >= 0.3 is 0 Å². The molecule has 0 spiro atoms. The van der Waals surface area contributed by atoms with Gasteiger partial charge in [0.15, 0.2) is 0 Å². The van der Waals surface area contributed by atoms with Crippen LogP contribution in [0.25, 0.3) is 0 Å². The number of hydrogen-bond donors (Lipinski definition) is 1. The Hall–Kier alpha value is -1.50. The highest BCUT2D eigenvalue weighted by Crippen LogP contribution is 2.20. The van der Waals surface area contributed by atoms with Crippen molar-refractivity contribution in [3.63, 3.8) is 0 Å². The van der Waals surface area contributed by atoms with Crippen molar-refractivity contribution >= 4 is 11.8 Å². The Morgan fingerprint density at radius 3 is 2.74 bits per heavy atom. The molecule has 106 valence electrons. The highest BCUT2D eigenvalue weighted by atomic mass is 16.2. The summed E-state index contributed by atoms with van der Waals surface area (Å²) in [4.78, 5) is 25.2. The molecule has 2 atom stereocenters. The summed E-state index contributed by atoms with van der Waals surface area (Å²) in [6.07, 6.45) is 2.80. The van der Waals surface area contributed by atoms with Gasteiger partial charge in [-0.2, -0.15) is 0 Å². The third-order valence-electron chi connectivity index (χ3n) is 3.35. The number of rotatable bonds is 3. The molecule has 4 heteroatoms. The van der Waals surface area contributed by atoms with E-state index in [1.54, 1.807) is 4.90 Å². The largest absolute Gasteiger partial charge is 0.368 e. The van der Waals surface area contributed by atoms with E-state index in [1.807, 2.05) is 20.8 Å². The highest BCUT2D eigenvalue weighted by Gasteiger charge is 2.30. The smallest absolute Gasteiger partial charge is 0.240 e. The van der Waals surface area contributed by atoms with Crippen LogP contribution in [-0.2, 0) is 9.59 Å². The van der Waals surface area contributed by atoms with Gasteiger partial charge in [-0.15, -0.1) is 5.92 Å². The van der Waals surface area contributed by atoms with Gasteiger partial charge in [0.2, 0.25) is 11.8 Å². The van der Waals surface area contributed by atoms with Crippen LogP contribution in [0.3, 0.4) is 0 Å². The first-order valence-electron chi connectivity index (χ1n) is 7.05. The summed E-state index contributed by atoms with van der Waals surface area (Å²) < 4.78 is 0. The Labute approximate surface area is 115 Å². The zero-order valence-corrected chi connectivity index (χ0v) is 12.1. The SMILES string of the molecule is CCC(C(N)=O)N1CC(C#CC(C)C)CCCC1=O. The molecular weight excluding hydrogens is 240 g/mol. The Morgan fingerprint density at radius 2 is 2.21 bits per heavy atom. The number of nitrogens with two attached hydrogens (primary N) is 1. The molecule has 2 N–H and O–H groups in total. The molecule has 1 heterocycles. The molecule has 0 aromatic heterocycles. The fraction of sp³-hybridized carbons (Fsp3) is 0.733. The average Bonchev–Trinajstić information content (AvgIpc) is 2.50. The molecular formula is C15H24N2O2. The van der Waals surface area contributed by atoms with Crippen LogP contribution in [0.4, 0.5) is 0 Å². The quantitative estimate of drug-likeness (QED) is 0.786. The van der Waals surface area contributed by atoms with E-state index in [-0.39, 0.29) is 11.8 Å². The van der Waals surface area contributed by atoms with Crippen molar-refractivity contribution in [2.75, 3.05) is 6.54 Å². The first kappa shape index (κ1) is 15.6. The van der Waals surface area contributed by atoms with Crippen molar-refractivity contribution in [3.05, 3.63) is 0 Å². The lowest BCUT2D eigenvalue weighted by Gasteiger charge is -2.29. The van der Waals surface area contributed by atoms with Gasteiger partial charge < -0.3 is 10.6 Å². The maximum Gasteiger partial charge on any atom is 0.240 e. The van der Waals surface area contributed by atoms with Gasteiger partial charge in [0.1, 0.15) is 6.04 Å². The Morgan fingerprint density at radius 1 is 1.53 bits per heavy atom. The van der Waals surface area contributed by atoms with E-state index < -0.39 is 11.9 Å². The first-order chi connectivity index (χ1) is 8.95. The van der Waals surface area contributed by atoms with Gasteiger partial charge in [0.25, 0.3) is 0 Å². The van der Waals surface area contributed by atoms with Crippen LogP contribution in [0.5, 0.6) is 0 Å². The van der Waals surface area contributed by atoms with Gasteiger partial charge in [0, 0.05) is 24.8 Å². The lowest BCUT2D eigenvalue weighted by molar-refractivity contribution is -0.139. The van der Waals surface area contributed by atoms with Crippen LogP contribution >= 0.6 is 0 Å². The first-order valence-corrected chi connectivity index (χ1v) is 7.05. The van der Waals surface area contributed by atoms with Crippen LogP contribution in [0, 0.1) is 23.7 Å². The molecule has 2 unspecified atom stereocenters. The van der Waals surface area contributed by atoms with Crippen LogP contribution in [0.2, 0.25) is 0 Å². The standard InChI is InChI=1S/C15H24N2O2/c1-4-13(15(16)19)17-10-12(9-8-11(2)3)6-5-7-14(17)18/h11-13H,4-7,10H2,1-3H3,(H2,16,19). The summed E-state index contributed by atoms with van der Waals surface area (Å²) in [6.45, 7) is 6.50. The minimum Gasteiger partial charge on any atom is -0.368 e. The van der Waals surface area contributed by atoms with E-state index in [0.29, 0.717) is 25.3 Å². The number of primary amides is 1. The number of amides is 2. The second-order valence-corrected chi connectivity index (χ2v) is 5.41. The fourth-order valence-corrected chi connectivity index (χ4v) is 2.35. The normalized spacial score (nSPS) is 21.6. The van der Waals surface area contributed by atoms with Gasteiger partial charge in [0.05, 0.1) is 0 Å². The summed E-state index contributed by atoms with van der Waals surface area (Å²) in [5, 5.41) is 0. The molecule has 0 bridgehead atoms. The van der Waals surface area contributed by atoms with Crippen LogP contribution in [0.15, 0.2) is 0 Å². The maximum absolute atomic E-state index is 12.1. The minimum absolute atomic E-state index is 0.0273. The molecule has 1 rings (SSSR count). The van der Waals surface area contributed by atoms with Crippen molar-refractivity contribution in [2.45, 2.75) is 52.5 Å². The lowest BCUT2D eigenvalue weighted by Crippen LogP contribution is -2.48. The molecule has 0 aromatic rings. The maximum atomic E-state index is 12.1. The topological polar surface area (TPSA) is 63.4 Å². The molecule has 1 aliphatic rings. The van der Waals surface area contributed by atoms with Crippen LogP contribution in [0.1, 0.15) is 46.5 Å². The van der Waals surface area contributed by atoms with E-state index in [1.165, 1.54) is 0 Å². The van der Waals surface area contributed by atoms with E-state index in [2.05, 4.69) is 11.8 Å². The predicted molar refractivity (Wildman–Crippen MR) is 74.9 cm³/mol. The summed E-state index contributed by atoms with van der Waals surface area (Å²) in [5.41, 5.74) is 5.39. The van der Waals surface area contributed by atoms with Crippen molar-refractivity contribution < 1.29 is 9.59 Å². The number of carbonyl (C=O) groups is 2. The summed E-state index contributed by atoms with van der Waals surface area (Å²) in [6, 6.07) is -0.492. The average molecular weight is 264 g/mol. The number of nitrogens with zero attached hydrogens (tertiary/aromatic N) is 1. The molecule has 19 heavy (non-hydrogen) atoms. The van der Waals surface area contributed by atoms with Gasteiger partial charge in [-0.05, 0) is 19.3 Å². The van der Waals surface area contributed by atoms with Crippen LogP contribution in [-0.4, -0.2) is 29.3 Å². The highest BCUT2D eigenvalue weighted by molar-refractivity contribution is 5.86. The molecule has 0 saturated carbocycles. The van der Waals surface area contributed by atoms with E-state index in [9.17, 15) is 9.59 Å². The summed E-state index contributed by atoms with van der Waals surface area (Å²) in [7, 11) is 0. The number of hydrogen-bond acceptors (Lipinski definition) is 2. The molecule has 1 aliphatic heterocycles. The zero-order valence-electron chi connectivity index (χ0n) is 12.1. The summed E-state index contributed by atoms with van der Waals surface area (Å²) >= 11 is 0. The third kappa shape index (κ3) is 4.59. The van der Waals surface area contributed by atoms with Crippen molar-refractivity contribution in [1.29, 1.82) is 0 Å². The molecule has 0 radical (unpaired) electrons. The number of carbonyl (C=O) groups excluding carboxylic acids is 2. The second-order valence-electron chi connectivity index (χ2n) is 5.41.